The van der Waals surface area contributed by atoms with Gasteiger partial charge in [0.25, 0.3) is 5.91 Å². The van der Waals surface area contributed by atoms with Crippen LogP contribution in [0.4, 0.5) is 5.82 Å². The maximum atomic E-state index is 13.1. The number of rotatable bonds is 5. The minimum Gasteiger partial charge on any atom is -0.455 e. The third kappa shape index (κ3) is 4.56. The molecule has 2 amide bonds. The van der Waals surface area contributed by atoms with Crippen LogP contribution in [0.15, 0.2) is 33.6 Å². The van der Waals surface area contributed by atoms with E-state index in [-0.39, 0.29) is 34.8 Å². The summed E-state index contributed by atoms with van der Waals surface area (Å²) in [5.41, 5.74) is 0.802. The van der Waals surface area contributed by atoms with Crippen molar-refractivity contribution in [2.45, 2.75) is 44.4 Å². The lowest BCUT2D eigenvalue weighted by Crippen LogP contribution is -2.43. The number of hydrogen-bond acceptors (Lipinski definition) is 6. The van der Waals surface area contributed by atoms with E-state index in [1.54, 1.807) is 17.9 Å². The molecule has 2 saturated heterocycles. The Kier molecular flexibility index (Phi) is 6.34. The zero-order valence-electron chi connectivity index (χ0n) is 18.3. The molecule has 10 heteroatoms. The second-order valence-corrected chi connectivity index (χ2v) is 10.3. The van der Waals surface area contributed by atoms with Crippen molar-refractivity contribution in [3.63, 3.8) is 0 Å². The number of furan rings is 1. The van der Waals surface area contributed by atoms with E-state index in [2.05, 4.69) is 10.3 Å². The molecule has 0 spiro atoms. The van der Waals surface area contributed by atoms with Crippen LogP contribution < -0.4 is 5.32 Å². The zero-order chi connectivity index (χ0) is 22.9. The second kappa shape index (κ2) is 9.03. The van der Waals surface area contributed by atoms with Gasteiger partial charge in [-0.3, -0.25) is 9.59 Å². The summed E-state index contributed by atoms with van der Waals surface area (Å²) in [5, 5.41) is 2.82. The monoisotopic (exact) mass is 460 g/mol. The molecule has 0 bridgehead atoms. The van der Waals surface area contributed by atoms with E-state index < -0.39 is 15.9 Å². The Morgan fingerprint density at radius 2 is 1.88 bits per heavy atom. The summed E-state index contributed by atoms with van der Waals surface area (Å²) in [6.07, 6.45) is 2.99. The smallest absolute Gasteiger partial charge is 0.289 e. The fourth-order valence-corrected chi connectivity index (χ4v) is 5.94. The molecule has 0 saturated carbocycles. The fourth-order valence-electron chi connectivity index (χ4n) is 4.27. The number of nitrogens with one attached hydrogen (secondary N) is 1. The van der Waals surface area contributed by atoms with Gasteiger partial charge in [0, 0.05) is 37.9 Å². The van der Waals surface area contributed by atoms with E-state index >= 15 is 0 Å². The fraction of sp³-hybridized carbons (Fsp3) is 0.500. The number of piperidine rings is 1. The molecule has 2 fully saturated rings. The van der Waals surface area contributed by atoms with Crippen molar-refractivity contribution in [3.8, 4) is 0 Å². The van der Waals surface area contributed by atoms with Gasteiger partial charge in [-0.15, -0.1) is 0 Å². The number of amides is 2. The maximum Gasteiger partial charge on any atom is 0.289 e. The van der Waals surface area contributed by atoms with Gasteiger partial charge in [-0.25, -0.2) is 13.4 Å². The Morgan fingerprint density at radius 3 is 2.59 bits per heavy atom. The van der Waals surface area contributed by atoms with E-state index in [9.17, 15) is 18.0 Å². The van der Waals surface area contributed by atoms with Crippen molar-refractivity contribution in [2.24, 2.45) is 5.92 Å². The van der Waals surface area contributed by atoms with Crippen molar-refractivity contribution in [3.05, 3.63) is 41.5 Å². The third-order valence-electron chi connectivity index (χ3n) is 5.98. The summed E-state index contributed by atoms with van der Waals surface area (Å²) in [4.78, 5) is 31.7. The molecule has 32 heavy (non-hydrogen) atoms. The molecule has 1 atom stereocenters. The number of anilines is 1. The number of hydrogen-bond donors (Lipinski definition) is 1. The van der Waals surface area contributed by atoms with Crippen LogP contribution in [0.5, 0.6) is 0 Å². The molecule has 1 unspecified atom stereocenters. The predicted molar refractivity (Wildman–Crippen MR) is 118 cm³/mol. The van der Waals surface area contributed by atoms with Gasteiger partial charge in [0.1, 0.15) is 16.5 Å². The number of carbonyl (C=O) groups is 2. The van der Waals surface area contributed by atoms with Crippen LogP contribution in [-0.4, -0.2) is 60.6 Å². The average molecular weight is 461 g/mol. The van der Waals surface area contributed by atoms with E-state index in [1.807, 2.05) is 19.1 Å². The van der Waals surface area contributed by atoms with Gasteiger partial charge in [-0.1, -0.05) is 6.07 Å². The van der Waals surface area contributed by atoms with Crippen LogP contribution in [-0.2, 0) is 14.8 Å². The summed E-state index contributed by atoms with van der Waals surface area (Å²) in [5.74, 6) is -0.287. The largest absolute Gasteiger partial charge is 0.455 e. The summed E-state index contributed by atoms with van der Waals surface area (Å²) < 4.78 is 32.8. The van der Waals surface area contributed by atoms with E-state index in [0.29, 0.717) is 38.3 Å². The van der Waals surface area contributed by atoms with Crippen LogP contribution in [0.2, 0.25) is 0 Å². The average Bonchev–Trinajstić information content (AvgIpc) is 3.44. The maximum absolute atomic E-state index is 13.1. The molecule has 2 aromatic heterocycles. The molecule has 9 nitrogen and oxygen atoms in total. The molecular weight excluding hydrogens is 432 g/mol. The molecule has 2 aromatic rings. The summed E-state index contributed by atoms with van der Waals surface area (Å²) >= 11 is 0. The zero-order valence-corrected chi connectivity index (χ0v) is 19.2. The van der Waals surface area contributed by atoms with Gasteiger partial charge in [-0.05, 0) is 51.7 Å². The molecule has 0 radical (unpaired) electrons. The first-order valence-corrected chi connectivity index (χ1v) is 12.3. The van der Waals surface area contributed by atoms with Crippen LogP contribution in [0.3, 0.4) is 0 Å². The van der Waals surface area contributed by atoms with E-state index in [0.717, 1.165) is 18.5 Å². The van der Waals surface area contributed by atoms with E-state index in [1.165, 1.54) is 10.4 Å². The number of nitrogens with zero attached hydrogens (tertiary/aromatic N) is 3. The Labute approximate surface area is 187 Å². The molecule has 4 rings (SSSR count). The minimum atomic E-state index is -3.68. The summed E-state index contributed by atoms with van der Waals surface area (Å²) in [7, 11) is -3.68. The summed E-state index contributed by atoms with van der Waals surface area (Å²) in [6.45, 7) is 5.09. The lowest BCUT2D eigenvalue weighted by atomic mass is 9.97. The number of likely N-dealkylation sites (tertiary alicyclic amines) is 1. The molecule has 172 valence electrons. The Balaban J connectivity index is 1.46. The number of aromatic nitrogens is 1. The first-order valence-electron chi connectivity index (χ1n) is 10.9. The Bertz CT molecular complexity index is 1120. The van der Waals surface area contributed by atoms with Gasteiger partial charge >= 0.3 is 0 Å². The van der Waals surface area contributed by atoms with Crippen LogP contribution in [0, 0.1) is 19.8 Å². The number of aryl methyl sites for hydroxylation is 2. The number of pyridine rings is 1. The molecule has 2 aliphatic rings. The van der Waals surface area contributed by atoms with Gasteiger partial charge in [0.05, 0.1) is 5.92 Å². The first-order chi connectivity index (χ1) is 15.3. The highest BCUT2D eigenvalue weighted by Crippen LogP contribution is 2.28. The molecular formula is C22H28N4O5S. The summed E-state index contributed by atoms with van der Waals surface area (Å²) in [6, 6.07) is 6.72. The highest BCUT2D eigenvalue weighted by atomic mass is 32.2. The van der Waals surface area contributed by atoms with Gasteiger partial charge in [0.2, 0.25) is 15.9 Å². The first kappa shape index (κ1) is 22.5. The molecule has 1 N–H and O–H groups in total. The molecule has 0 aromatic carbocycles. The van der Waals surface area contributed by atoms with Gasteiger partial charge in [-0.2, -0.15) is 4.31 Å². The second-order valence-electron chi connectivity index (χ2n) is 8.39. The Hall–Kier alpha value is -2.72. The van der Waals surface area contributed by atoms with Crippen molar-refractivity contribution in [2.75, 3.05) is 31.5 Å². The highest BCUT2D eigenvalue weighted by Gasteiger charge is 2.34. The lowest BCUT2D eigenvalue weighted by molar-refractivity contribution is -0.121. The van der Waals surface area contributed by atoms with Crippen molar-refractivity contribution in [1.29, 1.82) is 0 Å². The minimum absolute atomic E-state index is 0.0123. The van der Waals surface area contributed by atoms with Crippen LogP contribution in [0.1, 0.15) is 47.7 Å². The molecule has 4 heterocycles. The van der Waals surface area contributed by atoms with Crippen LogP contribution >= 0.6 is 0 Å². The van der Waals surface area contributed by atoms with Gasteiger partial charge in [0.15, 0.2) is 5.76 Å². The number of sulfonamides is 1. The van der Waals surface area contributed by atoms with Crippen molar-refractivity contribution >= 4 is 27.7 Å². The predicted octanol–water partition coefficient (Wildman–Crippen LogP) is 2.57. The standard InChI is InChI=1S/C22H28N4O5S/c1-15-7-5-9-20(23-15)24-21(27)17-8-6-10-25(14-17)22(28)18-13-19(16(2)31-18)32(29,30)26-11-3-4-12-26/h5,7,9,13,17H,3-4,6,8,10-12,14H2,1-2H3,(H,23,24,27). The highest BCUT2D eigenvalue weighted by molar-refractivity contribution is 7.89. The molecule has 2 aliphatic heterocycles. The normalized spacial score (nSPS) is 19.8. The van der Waals surface area contributed by atoms with Crippen molar-refractivity contribution in [1.82, 2.24) is 14.2 Å². The quantitative estimate of drug-likeness (QED) is 0.734. The van der Waals surface area contributed by atoms with Gasteiger partial charge < -0.3 is 14.6 Å². The molecule has 0 aliphatic carbocycles. The third-order valence-corrected chi connectivity index (χ3v) is 7.99. The number of carbonyl (C=O) groups excluding carboxylic acids is 2. The Morgan fingerprint density at radius 1 is 1.12 bits per heavy atom. The topological polar surface area (TPSA) is 113 Å². The SMILES string of the molecule is Cc1cccc(NC(=O)C2CCCN(C(=O)c3cc(S(=O)(=O)N4CCCC4)c(C)o3)C2)n1. The van der Waals surface area contributed by atoms with E-state index in [4.69, 9.17) is 4.42 Å². The lowest BCUT2D eigenvalue weighted by Gasteiger charge is -2.31. The van der Waals surface area contributed by atoms with Crippen LogP contribution in [0.25, 0.3) is 0 Å². The van der Waals surface area contributed by atoms with Crippen molar-refractivity contribution < 1.29 is 22.4 Å².